The quantitative estimate of drug-likeness (QED) is 0.207. The normalized spacial score (nSPS) is 12.5. The Bertz CT molecular complexity index is 1680. The molecule has 0 radical (unpaired) electrons. The third-order valence-electron chi connectivity index (χ3n) is 8.86. The molecule has 0 saturated heterocycles. The summed E-state index contributed by atoms with van der Waals surface area (Å²) in [5.74, 6) is 0. The van der Waals surface area contributed by atoms with Crippen LogP contribution in [0.1, 0.15) is 118 Å². The predicted molar refractivity (Wildman–Crippen MR) is 174 cm³/mol. The van der Waals surface area contributed by atoms with Crippen molar-refractivity contribution in [1.82, 2.24) is 19.5 Å². The van der Waals surface area contributed by atoms with E-state index in [0.29, 0.717) is 0 Å². The summed E-state index contributed by atoms with van der Waals surface area (Å²) >= 11 is 0. The van der Waals surface area contributed by atoms with Crippen LogP contribution in [0.3, 0.4) is 0 Å². The smallest absolute Gasteiger partial charge is 0.354 e. The SMILES string of the molecule is CCC1=Cc2cc3nc(cc4c(CC)c(CC)c(c(CC)c5[nH]c(c(CC)c1n2)c(CC)c5CC)n4CC)C=C3.[Ni+2]. The molecule has 4 nitrogen and oxygen atoms in total. The van der Waals surface area contributed by atoms with Crippen LogP contribution in [-0.4, -0.2) is 19.5 Å². The van der Waals surface area contributed by atoms with Crippen molar-refractivity contribution in [3.63, 3.8) is 0 Å². The Morgan fingerprint density at radius 3 is 1.68 bits per heavy atom. The van der Waals surface area contributed by atoms with Gasteiger partial charge >= 0.3 is 16.5 Å². The van der Waals surface area contributed by atoms with Crippen LogP contribution in [0.2, 0.25) is 0 Å². The van der Waals surface area contributed by atoms with Crippen molar-refractivity contribution in [3.8, 4) is 0 Å². The van der Waals surface area contributed by atoms with Crippen molar-refractivity contribution in [2.45, 2.75) is 107 Å². The van der Waals surface area contributed by atoms with Crippen molar-refractivity contribution in [1.29, 1.82) is 0 Å². The molecule has 1 N–H and O–H groups in total. The zero-order valence-electron chi connectivity index (χ0n) is 26.2. The van der Waals surface area contributed by atoms with Gasteiger partial charge in [-0.15, -0.1) is 0 Å². The Balaban J connectivity index is 0.00000387. The molecule has 3 aromatic heterocycles. The second-order valence-electron chi connectivity index (χ2n) is 10.8. The number of rotatable bonds is 8. The van der Waals surface area contributed by atoms with Crippen LogP contribution in [-0.2, 0) is 61.6 Å². The van der Waals surface area contributed by atoms with Gasteiger partial charge in [0.1, 0.15) is 0 Å². The molecule has 2 aliphatic rings. The average molecular weight is 593 g/mol. The van der Waals surface area contributed by atoms with Crippen LogP contribution >= 0.6 is 0 Å². The summed E-state index contributed by atoms with van der Waals surface area (Å²) in [6.45, 7) is 19.3. The monoisotopic (exact) mass is 592 g/mol. The van der Waals surface area contributed by atoms with Gasteiger partial charge in [0, 0.05) is 34.2 Å². The average Bonchev–Trinajstić information content (AvgIpc) is 3.73. The van der Waals surface area contributed by atoms with Crippen molar-refractivity contribution < 1.29 is 16.5 Å². The summed E-state index contributed by atoms with van der Waals surface area (Å²) < 4.78 is 2.57. The van der Waals surface area contributed by atoms with E-state index in [4.69, 9.17) is 9.97 Å². The number of aryl methyl sites for hydroxylation is 7. The van der Waals surface area contributed by atoms with E-state index in [1.165, 1.54) is 61.0 Å². The first-order valence-corrected chi connectivity index (χ1v) is 15.7. The topological polar surface area (TPSA) is 46.5 Å². The van der Waals surface area contributed by atoms with Crippen molar-refractivity contribution in [2.75, 3.05) is 0 Å². The maximum Gasteiger partial charge on any atom is 2.00 e. The third kappa shape index (κ3) is 5.16. The zero-order chi connectivity index (χ0) is 28.6. The fourth-order valence-corrected chi connectivity index (χ4v) is 7.09. The van der Waals surface area contributed by atoms with Crippen LogP contribution in [0.15, 0.2) is 12.1 Å². The number of nitrogens with zero attached hydrogens (tertiary/aromatic N) is 3. The van der Waals surface area contributed by atoms with E-state index in [0.717, 1.165) is 74.3 Å². The summed E-state index contributed by atoms with van der Waals surface area (Å²) in [6.07, 6.45) is 13.5. The molecular formula is C36H46N4Ni+2. The van der Waals surface area contributed by atoms with Crippen LogP contribution in [0.4, 0.5) is 0 Å². The van der Waals surface area contributed by atoms with Crippen LogP contribution in [0.25, 0.3) is 45.9 Å². The largest absolute Gasteiger partial charge is 2.00 e. The van der Waals surface area contributed by atoms with Gasteiger partial charge in [-0.3, -0.25) is 0 Å². The van der Waals surface area contributed by atoms with Gasteiger partial charge < -0.3 is 9.55 Å². The Morgan fingerprint density at radius 2 is 1.15 bits per heavy atom. The van der Waals surface area contributed by atoms with Gasteiger partial charge in [0.2, 0.25) is 0 Å². The van der Waals surface area contributed by atoms with Gasteiger partial charge in [-0.25, -0.2) is 9.97 Å². The zero-order valence-corrected chi connectivity index (χ0v) is 27.2. The van der Waals surface area contributed by atoms with Crippen LogP contribution in [0, 0.1) is 0 Å². The van der Waals surface area contributed by atoms with Crippen LogP contribution in [0.5, 0.6) is 0 Å². The minimum atomic E-state index is 0. The number of hydrogen-bond donors (Lipinski definition) is 1. The van der Waals surface area contributed by atoms with E-state index < -0.39 is 0 Å². The van der Waals surface area contributed by atoms with Gasteiger partial charge in [-0.1, -0.05) is 48.5 Å². The van der Waals surface area contributed by atoms with Gasteiger partial charge in [-0.2, -0.15) is 0 Å². The van der Waals surface area contributed by atoms with Gasteiger partial charge in [-0.05, 0) is 116 Å². The van der Waals surface area contributed by atoms with E-state index in [2.05, 4.69) is 95.3 Å². The van der Waals surface area contributed by atoms with E-state index in [9.17, 15) is 0 Å². The Morgan fingerprint density at radius 1 is 0.585 bits per heavy atom. The van der Waals surface area contributed by atoms with E-state index >= 15 is 0 Å². The van der Waals surface area contributed by atoms with Crippen molar-refractivity contribution in [3.05, 3.63) is 68.3 Å². The molecule has 0 spiro atoms. The Kier molecular flexibility index (Phi) is 9.80. The summed E-state index contributed by atoms with van der Waals surface area (Å²) in [5.41, 5.74) is 19.4. The summed E-state index contributed by atoms with van der Waals surface area (Å²) in [5, 5.41) is 0. The molecule has 2 aliphatic heterocycles. The maximum atomic E-state index is 5.22. The van der Waals surface area contributed by atoms with Gasteiger partial charge in [0.25, 0.3) is 0 Å². The van der Waals surface area contributed by atoms with Crippen molar-refractivity contribution in [2.24, 2.45) is 0 Å². The van der Waals surface area contributed by atoms with Crippen LogP contribution < -0.4 is 0 Å². The van der Waals surface area contributed by atoms with E-state index in [1.54, 1.807) is 0 Å². The molecule has 8 bridgehead atoms. The van der Waals surface area contributed by atoms with Gasteiger partial charge in [0.05, 0.1) is 22.8 Å². The molecule has 0 atom stereocenters. The fraction of sp³-hybridized carbons (Fsp3) is 0.444. The minimum Gasteiger partial charge on any atom is -0.354 e. The molecule has 218 valence electrons. The molecule has 0 fully saturated rings. The molecule has 0 aromatic carbocycles. The predicted octanol–water partition coefficient (Wildman–Crippen LogP) is 9.30. The van der Waals surface area contributed by atoms with Gasteiger partial charge in [0.15, 0.2) is 0 Å². The number of nitrogens with one attached hydrogen (secondary N) is 1. The Hall–Kier alpha value is -2.91. The molecule has 5 rings (SSSR count). The summed E-state index contributed by atoms with van der Waals surface area (Å²) in [6, 6.07) is 4.45. The molecule has 5 heteroatoms. The second-order valence-corrected chi connectivity index (χ2v) is 10.8. The van der Waals surface area contributed by atoms with Crippen molar-refractivity contribution >= 4 is 45.9 Å². The number of aromatic nitrogens is 4. The van der Waals surface area contributed by atoms with E-state index in [-0.39, 0.29) is 16.5 Å². The number of hydrogen-bond acceptors (Lipinski definition) is 2. The maximum absolute atomic E-state index is 5.22. The fourth-order valence-electron chi connectivity index (χ4n) is 7.09. The molecule has 5 heterocycles. The first-order chi connectivity index (χ1) is 19.5. The standard InChI is InChI=1S/C36H46N4.Ni/c1-9-22-19-25-20-23-17-18-24(37-23)21-32-26(10-2)29(13-5)36(40(32)16-8)31(15-7)35-28(12-4)27(11-3)34(39-35)30(14-6)33(22)38-25;/h17-21,39H,9-16H2,1-8H3;/q;+2. The Labute approximate surface area is 256 Å². The second kappa shape index (κ2) is 12.9. The minimum absolute atomic E-state index is 0. The molecular weight excluding hydrogens is 547 g/mol. The summed E-state index contributed by atoms with van der Waals surface area (Å²) in [4.78, 5) is 14.3. The van der Waals surface area contributed by atoms with E-state index in [1.807, 2.05) is 0 Å². The first kappa shape index (κ1) is 31.0. The molecule has 0 unspecified atom stereocenters. The first-order valence-electron chi connectivity index (χ1n) is 15.7. The molecule has 0 aliphatic carbocycles. The third-order valence-corrected chi connectivity index (χ3v) is 8.86. The summed E-state index contributed by atoms with van der Waals surface area (Å²) in [7, 11) is 0. The molecule has 41 heavy (non-hydrogen) atoms. The molecule has 3 aromatic rings. The number of H-pyrrole nitrogens is 1. The molecule has 0 amide bonds. The molecule has 0 saturated carbocycles. The number of fused-ring (bicyclic) bond motifs is 8. The number of allylic oxidation sites excluding steroid dienone is 1. The number of aromatic amines is 1.